The maximum Gasteiger partial charge on any atom is 0.258 e. The molecule has 0 aliphatic carbocycles. The van der Waals surface area contributed by atoms with Gasteiger partial charge in [-0.25, -0.2) is 4.68 Å². The molecule has 2 atom stereocenters. The second kappa shape index (κ2) is 13.9. The first-order chi connectivity index (χ1) is 24.1. The summed E-state index contributed by atoms with van der Waals surface area (Å²) in [6.07, 6.45) is 0.543. The molecule has 1 N–H and O–H groups in total. The van der Waals surface area contributed by atoms with Gasteiger partial charge in [-0.1, -0.05) is 56.3 Å². The number of ketones is 1. The molecule has 11 heteroatoms. The Balaban J connectivity index is 1.51. The topological polar surface area (TPSA) is 152 Å². The number of carbonyl (C=O) groups is 4. The zero-order valence-corrected chi connectivity index (χ0v) is 27.8. The molecule has 248 valence electrons. The van der Waals surface area contributed by atoms with Gasteiger partial charge in [0.2, 0.25) is 5.91 Å². The fraction of sp³-hybridized carbons (Fsp3) is 0.205. The van der Waals surface area contributed by atoms with Crippen LogP contribution in [0.2, 0.25) is 0 Å². The molecule has 6 rings (SSSR count). The number of benzene rings is 4. The van der Waals surface area contributed by atoms with Crippen LogP contribution in [0.5, 0.6) is 0 Å². The van der Waals surface area contributed by atoms with Gasteiger partial charge in [-0.15, -0.1) is 0 Å². The highest BCUT2D eigenvalue weighted by Crippen LogP contribution is 2.37. The van der Waals surface area contributed by atoms with E-state index in [0.29, 0.717) is 40.3 Å². The van der Waals surface area contributed by atoms with Crippen molar-refractivity contribution in [1.29, 1.82) is 10.5 Å². The first-order valence-corrected chi connectivity index (χ1v) is 16.2. The van der Waals surface area contributed by atoms with E-state index in [9.17, 15) is 29.7 Å². The number of fused-ring (bicyclic) bond motifs is 2. The van der Waals surface area contributed by atoms with E-state index in [0.717, 1.165) is 10.9 Å². The van der Waals surface area contributed by atoms with Crippen LogP contribution in [0, 0.1) is 28.6 Å². The summed E-state index contributed by atoms with van der Waals surface area (Å²) in [5, 5.41) is 28.2. The van der Waals surface area contributed by atoms with Crippen molar-refractivity contribution in [2.24, 2.45) is 5.92 Å². The second-order valence-electron chi connectivity index (χ2n) is 12.2. The largest absolute Gasteiger partial charge is 0.342 e. The number of amides is 3. The molecule has 3 amide bonds. The molecule has 0 spiro atoms. The van der Waals surface area contributed by atoms with E-state index in [1.807, 2.05) is 37.3 Å². The van der Waals surface area contributed by atoms with Crippen LogP contribution in [-0.2, 0) is 16.1 Å². The summed E-state index contributed by atoms with van der Waals surface area (Å²) in [6.45, 7) is 4.81. The lowest BCUT2D eigenvalue weighted by Crippen LogP contribution is -2.53. The van der Waals surface area contributed by atoms with Crippen LogP contribution in [0.3, 0.4) is 0 Å². The van der Waals surface area contributed by atoms with Crippen LogP contribution in [0.4, 0.5) is 11.4 Å². The fourth-order valence-electron chi connectivity index (χ4n) is 6.00. The van der Waals surface area contributed by atoms with E-state index in [-0.39, 0.29) is 35.9 Å². The lowest BCUT2D eigenvalue weighted by atomic mass is 10.1. The normalized spacial score (nSPS) is 14.7. The number of hydrogen-bond acceptors (Lipinski definition) is 7. The maximum absolute atomic E-state index is 14.6. The average molecular weight is 664 g/mol. The molecule has 50 heavy (non-hydrogen) atoms. The molecule has 4 aromatic carbocycles. The predicted octanol–water partition coefficient (Wildman–Crippen LogP) is 5.70. The van der Waals surface area contributed by atoms with E-state index in [1.54, 1.807) is 72.3 Å². The average Bonchev–Trinajstić information content (AvgIpc) is 3.47. The van der Waals surface area contributed by atoms with Gasteiger partial charge in [-0.2, -0.15) is 15.6 Å². The van der Waals surface area contributed by atoms with Crippen molar-refractivity contribution in [2.75, 3.05) is 16.3 Å². The standard InChI is InChI=1S/C39H33N7O4/c1-4-24(2)37(48)42-32-23-45(38(49)28-16-14-27(15-17-28)25(3)47)36-19-26(20-40)13-18-35(36)44(39(32)50)22-31-30-10-6-8-12-34(30)46(43-31)33-11-7-5-9-29(33)21-41/h5-19,24,32H,4,22-23H2,1-3H3,(H,42,48)/t24-,32+/m1/s1. The van der Waals surface area contributed by atoms with E-state index in [1.165, 1.54) is 16.7 Å². The molecule has 11 nitrogen and oxygen atoms in total. The summed E-state index contributed by atoms with van der Waals surface area (Å²) >= 11 is 0. The van der Waals surface area contributed by atoms with Gasteiger partial charge >= 0.3 is 0 Å². The molecule has 0 saturated carbocycles. The molecular weight excluding hydrogens is 630 g/mol. The minimum Gasteiger partial charge on any atom is -0.342 e. The minimum absolute atomic E-state index is 0.0506. The molecule has 1 aliphatic rings. The zero-order chi connectivity index (χ0) is 35.5. The van der Waals surface area contributed by atoms with E-state index < -0.39 is 23.8 Å². The Morgan fingerprint density at radius 2 is 1.60 bits per heavy atom. The number of anilines is 2. The lowest BCUT2D eigenvalue weighted by molar-refractivity contribution is -0.129. The minimum atomic E-state index is -1.15. The van der Waals surface area contributed by atoms with Crippen LogP contribution < -0.4 is 15.1 Å². The van der Waals surface area contributed by atoms with Gasteiger partial charge in [0.1, 0.15) is 12.1 Å². The molecule has 0 fully saturated rings. The number of carbonyl (C=O) groups excluding carboxylic acids is 4. The van der Waals surface area contributed by atoms with Crippen LogP contribution >= 0.6 is 0 Å². The molecule has 5 aromatic rings. The van der Waals surface area contributed by atoms with Crippen molar-refractivity contribution in [3.63, 3.8) is 0 Å². The Morgan fingerprint density at radius 1 is 0.900 bits per heavy atom. The van der Waals surface area contributed by atoms with Gasteiger partial charge in [0.15, 0.2) is 5.78 Å². The Bertz CT molecular complexity index is 2240. The third kappa shape index (κ3) is 6.20. The lowest BCUT2D eigenvalue weighted by Gasteiger charge is -2.26. The van der Waals surface area contributed by atoms with Crippen LogP contribution in [0.1, 0.15) is 64.7 Å². The van der Waals surface area contributed by atoms with Gasteiger partial charge in [0, 0.05) is 22.4 Å². The van der Waals surface area contributed by atoms with Crippen molar-refractivity contribution in [1.82, 2.24) is 15.1 Å². The van der Waals surface area contributed by atoms with Crippen LogP contribution in [0.25, 0.3) is 16.6 Å². The Kier molecular flexibility index (Phi) is 9.24. The fourth-order valence-corrected chi connectivity index (χ4v) is 6.00. The van der Waals surface area contributed by atoms with Gasteiger partial charge in [-0.05, 0) is 61.9 Å². The molecule has 0 unspecified atom stereocenters. The number of nitrogens with zero attached hydrogens (tertiary/aromatic N) is 6. The first kappa shape index (κ1) is 33.3. The Hall–Kier alpha value is -6.59. The highest BCUT2D eigenvalue weighted by Gasteiger charge is 2.38. The van der Waals surface area contributed by atoms with Crippen molar-refractivity contribution in [2.45, 2.75) is 39.8 Å². The second-order valence-corrected chi connectivity index (χ2v) is 12.2. The summed E-state index contributed by atoms with van der Waals surface area (Å²) in [6, 6.07) is 28.7. The van der Waals surface area contributed by atoms with Crippen LogP contribution in [0.15, 0.2) is 91.0 Å². The number of Topliss-reactive ketones (excluding diaryl/α,β-unsaturated/α-hetero) is 1. The number of nitriles is 2. The van der Waals surface area contributed by atoms with Crippen molar-refractivity contribution in [3.8, 4) is 17.8 Å². The molecule has 0 bridgehead atoms. The molecule has 0 saturated heterocycles. The third-order valence-electron chi connectivity index (χ3n) is 9.00. The smallest absolute Gasteiger partial charge is 0.258 e. The summed E-state index contributed by atoms with van der Waals surface area (Å²) in [4.78, 5) is 57.0. The maximum atomic E-state index is 14.6. The highest BCUT2D eigenvalue weighted by atomic mass is 16.2. The number of nitrogens with one attached hydrogen (secondary N) is 1. The SMILES string of the molecule is CC[C@@H](C)C(=O)N[C@H]1CN(C(=O)c2ccc(C(C)=O)cc2)c2cc(C#N)ccc2N(Cc2nn(-c3ccccc3C#N)c3ccccc23)C1=O. The van der Waals surface area contributed by atoms with Gasteiger partial charge < -0.3 is 15.1 Å². The highest BCUT2D eigenvalue weighted by molar-refractivity contribution is 6.13. The molecule has 1 aromatic heterocycles. The van der Waals surface area contributed by atoms with E-state index in [2.05, 4.69) is 17.5 Å². The quantitative estimate of drug-likeness (QED) is 0.209. The summed E-state index contributed by atoms with van der Waals surface area (Å²) in [5.41, 5.74) is 3.85. The molecule has 0 radical (unpaired) electrons. The Labute approximate surface area is 288 Å². The van der Waals surface area contributed by atoms with E-state index in [4.69, 9.17) is 5.10 Å². The number of para-hydroxylation sites is 2. The predicted molar refractivity (Wildman–Crippen MR) is 188 cm³/mol. The van der Waals surface area contributed by atoms with Crippen LogP contribution in [-0.4, -0.2) is 45.9 Å². The number of hydrogen-bond donors (Lipinski definition) is 1. The Morgan fingerprint density at radius 3 is 2.30 bits per heavy atom. The van der Waals surface area contributed by atoms with Crippen molar-refractivity contribution in [3.05, 3.63) is 119 Å². The van der Waals surface area contributed by atoms with Gasteiger partial charge in [0.25, 0.3) is 11.8 Å². The molecular formula is C39H33N7O4. The summed E-state index contributed by atoms with van der Waals surface area (Å²) < 4.78 is 1.67. The zero-order valence-electron chi connectivity index (χ0n) is 27.8. The third-order valence-corrected chi connectivity index (χ3v) is 9.00. The first-order valence-electron chi connectivity index (χ1n) is 16.2. The van der Waals surface area contributed by atoms with Crippen molar-refractivity contribution < 1.29 is 19.2 Å². The summed E-state index contributed by atoms with van der Waals surface area (Å²) in [7, 11) is 0. The van der Waals surface area contributed by atoms with E-state index >= 15 is 0 Å². The van der Waals surface area contributed by atoms with Crippen molar-refractivity contribution >= 4 is 45.8 Å². The number of rotatable bonds is 8. The van der Waals surface area contributed by atoms with Gasteiger partial charge in [0.05, 0.1) is 58.6 Å². The summed E-state index contributed by atoms with van der Waals surface area (Å²) in [5.74, 6) is -1.82. The number of aromatic nitrogens is 2. The monoisotopic (exact) mass is 663 g/mol. The molecule has 2 heterocycles. The molecule has 1 aliphatic heterocycles. The van der Waals surface area contributed by atoms with Gasteiger partial charge in [-0.3, -0.25) is 19.2 Å².